The second kappa shape index (κ2) is 6.01. The fourth-order valence-electron chi connectivity index (χ4n) is 2.61. The summed E-state index contributed by atoms with van der Waals surface area (Å²) in [5, 5.41) is 16.6. The molecule has 0 unspecified atom stereocenters. The van der Waals surface area contributed by atoms with Crippen LogP contribution in [-0.2, 0) is 21.9 Å². The van der Waals surface area contributed by atoms with Crippen LogP contribution in [0.4, 0.5) is 0 Å². The second-order valence-corrected chi connectivity index (χ2v) is 7.56. The molecule has 1 heterocycles. The smallest absolute Gasteiger partial charge is 0.324 e. The molecular weight excluding hydrogens is 364 g/mol. The molecule has 2 N–H and O–H groups in total. The summed E-state index contributed by atoms with van der Waals surface area (Å²) in [7, 11) is -2.60. The SMILES string of the molecule is Cn1nnc(Br)c1S(=O)(=O)NC1(C(=O)O)CCCCCC1. The van der Waals surface area contributed by atoms with Gasteiger partial charge in [0.05, 0.1) is 0 Å². The first-order valence-electron chi connectivity index (χ1n) is 6.61. The Labute approximate surface area is 131 Å². The number of carbonyl (C=O) groups is 1. The summed E-state index contributed by atoms with van der Waals surface area (Å²) in [6.45, 7) is 0. The number of carboxylic acid groups (broad SMARTS) is 1. The molecule has 118 valence electrons. The summed E-state index contributed by atoms with van der Waals surface area (Å²) in [5.74, 6) is -1.14. The largest absolute Gasteiger partial charge is 0.480 e. The maximum Gasteiger partial charge on any atom is 0.324 e. The Morgan fingerprint density at radius 1 is 1.33 bits per heavy atom. The highest BCUT2D eigenvalue weighted by Crippen LogP contribution is 2.30. The molecule has 0 bridgehead atoms. The first kappa shape index (κ1) is 16.4. The van der Waals surface area contributed by atoms with Crippen molar-refractivity contribution in [1.82, 2.24) is 19.7 Å². The van der Waals surface area contributed by atoms with Gasteiger partial charge in [0.1, 0.15) is 5.54 Å². The summed E-state index contributed by atoms with van der Waals surface area (Å²) in [6.07, 6.45) is 3.75. The highest BCUT2D eigenvalue weighted by molar-refractivity contribution is 9.10. The molecule has 0 saturated heterocycles. The Morgan fingerprint density at radius 2 is 1.90 bits per heavy atom. The third-order valence-corrected chi connectivity index (χ3v) is 6.11. The van der Waals surface area contributed by atoms with Crippen LogP contribution in [0.3, 0.4) is 0 Å². The number of aliphatic carboxylic acids is 1. The highest BCUT2D eigenvalue weighted by atomic mass is 79.9. The van der Waals surface area contributed by atoms with Crippen LogP contribution in [-0.4, -0.2) is 40.0 Å². The van der Waals surface area contributed by atoms with Gasteiger partial charge < -0.3 is 5.11 Å². The molecule has 21 heavy (non-hydrogen) atoms. The summed E-state index contributed by atoms with van der Waals surface area (Å²) in [6, 6.07) is 0. The van der Waals surface area contributed by atoms with Gasteiger partial charge >= 0.3 is 5.97 Å². The van der Waals surface area contributed by atoms with Gasteiger partial charge in [0, 0.05) is 7.05 Å². The van der Waals surface area contributed by atoms with Crippen LogP contribution in [0.2, 0.25) is 0 Å². The molecule has 0 amide bonds. The van der Waals surface area contributed by atoms with Crippen molar-refractivity contribution in [2.24, 2.45) is 7.05 Å². The lowest BCUT2D eigenvalue weighted by Crippen LogP contribution is -2.54. The van der Waals surface area contributed by atoms with E-state index in [2.05, 4.69) is 31.0 Å². The van der Waals surface area contributed by atoms with Gasteiger partial charge in [0.25, 0.3) is 10.0 Å². The topological polar surface area (TPSA) is 114 Å². The van der Waals surface area contributed by atoms with Crippen molar-refractivity contribution in [2.45, 2.75) is 49.1 Å². The van der Waals surface area contributed by atoms with Crippen LogP contribution < -0.4 is 4.72 Å². The maximum absolute atomic E-state index is 12.5. The number of aryl methyl sites for hydroxylation is 1. The molecular formula is C11H17BrN4O4S. The van der Waals surface area contributed by atoms with Crippen molar-refractivity contribution in [3.05, 3.63) is 4.60 Å². The Morgan fingerprint density at radius 3 is 2.33 bits per heavy atom. The van der Waals surface area contributed by atoms with E-state index in [1.807, 2.05) is 0 Å². The van der Waals surface area contributed by atoms with Crippen LogP contribution >= 0.6 is 15.9 Å². The lowest BCUT2D eigenvalue weighted by molar-refractivity contribution is -0.144. The third kappa shape index (κ3) is 3.27. The predicted molar refractivity (Wildman–Crippen MR) is 77.1 cm³/mol. The van der Waals surface area contributed by atoms with Gasteiger partial charge in [-0.2, -0.15) is 4.72 Å². The van der Waals surface area contributed by atoms with Crippen molar-refractivity contribution in [3.63, 3.8) is 0 Å². The van der Waals surface area contributed by atoms with Crippen LogP contribution in [0.15, 0.2) is 9.63 Å². The summed E-state index contributed by atoms with van der Waals surface area (Å²) in [5.41, 5.74) is -1.46. The van der Waals surface area contributed by atoms with Gasteiger partial charge in [0.2, 0.25) is 5.03 Å². The number of halogens is 1. The first-order chi connectivity index (χ1) is 9.78. The van der Waals surface area contributed by atoms with E-state index in [9.17, 15) is 18.3 Å². The Bertz CT molecular complexity index is 615. The molecule has 1 aliphatic carbocycles. The normalized spacial score (nSPS) is 19.1. The van der Waals surface area contributed by atoms with E-state index in [0.29, 0.717) is 12.8 Å². The fraction of sp³-hybridized carbons (Fsp3) is 0.727. The zero-order chi connectivity index (χ0) is 15.7. The zero-order valence-corrected chi connectivity index (χ0v) is 13.9. The Balaban J connectivity index is 2.38. The van der Waals surface area contributed by atoms with Crippen molar-refractivity contribution in [3.8, 4) is 0 Å². The number of carboxylic acids is 1. The quantitative estimate of drug-likeness (QED) is 0.753. The van der Waals surface area contributed by atoms with Crippen molar-refractivity contribution in [1.29, 1.82) is 0 Å². The molecule has 1 aromatic rings. The molecule has 1 fully saturated rings. The van der Waals surface area contributed by atoms with Gasteiger partial charge in [-0.1, -0.05) is 30.9 Å². The molecule has 1 saturated carbocycles. The Kier molecular flexibility index (Phi) is 4.69. The second-order valence-electron chi connectivity index (χ2n) is 5.22. The van der Waals surface area contributed by atoms with Gasteiger partial charge in [-0.25, -0.2) is 13.1 Å². The van der Waals surface area contributed by atoms with Crippen LogP contribution in [0.25, 0.3) is 0 Å². The average molecular weight is 381 g/mol. The number of hydrogen-bond donors (Lipinski definition) is 2. The van der Waals surface area contributed by atoms with E-state index in [-0.39, 0.29) is 22.5 Å². The van der Waals surface area contributed by atoms with E-state index in [1.165, 1.54) is 7.05 Å². The monoisotopic (exact) mass is 380 g/mol. The standard InChI is InChI=1S/C11H17BrN4O4S/c1-16-9(8(12)13-15-16)21(19,20)14-11(10(17)18)6-4-2-3-5-7-11/h14H,2-7H2,1H3,(H,17,18). The summed E-state index contributed by atoms with van der Waals surface area (Å²) in [4.78, 5) is 11.7. The number of nitrogens with zero attached hydrogens (tertiary/aromatic N) is 3. The molecule has 1 aromatic heterocycles. The predicted octanol–water partition coefficient (Wildman–Crippen LogP) is 1.03. The van der Waals surface area contributed by atoms with E-state index < -0.39 is 21.5 Å². The molecule has 8 nitrogen and oxygen atoms in total. The van der Waals surface area contributed by atoms with Crippen LogP contribution in [0.1, 0.15) is 38.5 Å². The van der Waals surface area contributed by atoms with Crippen LogP contribution in [0.5, 0.6) is 0 Å². The first-order valence-corrected chi connectivity index (χ1v) is 8.89. The van der Waals surface area contributed by atoms with E-state index >= 15 is 0 Å². The molecule has 2 rings (SSSR count). The van der Waals surface area contributed by atoms with Crippen LogP contribution in [0, 0.1) is 0 Å². The zero-order valence-electron chi connectivity index (χ0n) is 11.5. The number of rotatable bonds is 4. The van der Waals surface area contributed by atoms with Crippen molar-refractivity contribution < 1.29 is 18.3 Å². The van der Waals surface area contributed by atoms with E-state index in [1.54, 1.807) is 0 Å². The molecule has 0 aliphatic heterocycles. The molecule has 0 aromatic carbocycles. The third-order valence-electron chi connectivity index (χ3n) is 3.69. The highest BCUT2D eigenvalue weighted by Gasteiger charge is 2.43. The molecule has 0 radical (unpaired) electrons. The van der Waals surface area contributed by atoms with Gasteiger partial charge in [-0.05, 0) is 28.8 Å². The fourth-order valence-corrected chi connectivity index (χ4v) is 5.12. The van der Waals surface area contributed by atoms with Gasteiger partial charge in [0.15, 0.2) is 4.60 Å². The minimum absolute atomic E-state index is 0.0617. The lowest BCUT2D eigenvalue weighted by Gasteiger charge is -2.28. The van der Waals surface area contributed by atoms with Crippen molar-refractivity contribution in [2.75, 3.05) is 0 Å². The molecule has 10 heteroatoms. The molecule has 0 spiro atoms. The maximum atomic E-state index is 12.5. The van der Waals surface area contributed by atoms with Crippen molar-refractivity contribution >= 4 is 31.9 Å². The summed E-state index contributed by atoms with van der Waals surface area (Å²) >= 11 is 3.03. The number of aromatic nitrogens is 3. The lowest BCUT2D eigenvalue weighted by atomic mass is 9.92. The van der Waals surface area contributed by atoms with Gasteiger partial charge in [-0.3, -0.25) is 4.79 Å². The summed E-state index contributed by atoms with van der Waals surface area (Å²) < 4.78 is 28.6. The average Bonchev–Trinajstić information content (AvgIpc) is 2.61. The van der Waals surface area contributed by atoms with E-state index in [4.69, 9.17) is 0 Å². The van der Waals surface area contributed by atoms with E-state index in [0.717, 1.165) is 17.5 Å². The number of nitrogens with one attached hydrogen (secondary N) is 1. The molecule has 0 atom stereocenters. The Hall–Kier alpha value is -1.00. The van der Waals surface area contributed by atoms with Gasteiger partial charge in [-0.15, -0.1) is 5.10 Å². The number of sulfonamides is 1. The minimum Gasteiger partial charge on any atom is -0.480 e. The minimum atomic E-state index is -4.04. The number of hydrogen-bond acceptors (Lipinski definition) is 5. The molecule has 1 aliphatic rings.